The molecule has 1 N–H and O–H groups in total. The van der Waals surface area contributed by atoms with E-state index in [1.165, 1.54) is 15.6 Å². The summed E-state index contributed by atoms with van der Waals surface area (Å²) >= 11 is 3.55. The molecular formula is C15H25BrN2. The lowest BCUT2D eigenvalue weighted by atomic mass is 10.1. The van der Waals surface area contributed by atoms with E-state index < -0.39 is 0 Å². The summed E-state index contributed by atoms with van der Waals surface area (Å²) in [4.78, 5) is 2.35. The minimum absolute atomic E-state index is 0.202. The maximum Gasteiger partial charge on any atom is 0.0231 e. The van der Waals surface area contributed by atoms with E-state index in [9.17, 15) is 0 Å². The molecule has 2 nitrogen and oxygen atoms in total. The van der Waals surface area contributed by atoms with E-state index in [4.69, 9.17) is 0 Å². The van der Waals surface area contributed by atoms with Gasteiger partial charge in [0.2, 0.25) is 0 Å². The lowest BCUT2D eigenvalue weighted by Gasteiger charge is -2.23. The van der Waals surface area contributed by atoms with Gasteiger partial charge in [0.1, 0.15) is 0 Å². The number of nitrogens with one attached hydrogen (secondary N) is 1. The zero-order valence-electron chi connectivity index (χ0n) is 12.2. The third kappa shape index (κ3) is 6.53. The molecule has 102 valence electrons. The highest BCUT2D eigenvalue weighted by Crippen LogP contribution is 2.16. The highest BCUT2D eigenvalue weighted by Gasteiger charge is 2.08. The van der Waals surface area contributed by atoms with Gasteiger partial charge in [-0.3, -0.25) is 0 Å². The van der Waals surface area contributed by atoms with E-state index in [0.717, 1.165) is 19.6 Å². The Kier molecular flexibility index (Phi) is 5.83. The van der Waals surface area contributed by atoms with E-state index in [1.54, 1.807) is 0 Å². The van der Waals surface area contributed by atoms with Crippen LogP contribution >= 0.6 is 15.9 Å². The van der Waals surface area contributed by atoms with E-state index in [1.807, 2.05) is 0 Å². The van der Waals surface area contributed by atoms with Crippen molar-refractivity contribution in [1.29, 1.82) is 0 Å². The van der Waals surface area contributed by atoms with Gasteiger partial charge in [-0.15, -0.1) is 0 Å². The van der Waals surface area contributed by atoms with Gasteiger partial charge in [-0.1, -0.05) is 22.0 Å². The summed E-state index contributed by atoms with van der Waals surface area (Å²) in [7, 11) is 2.17. The van der Waals surface area contributed by atoms with Crippen molar-refractivity contribution in [3.05, 3.63) is 33.8 Å². The van der Waals surface area contributed by atoms with Gasteiger partial charge in [-0.05, 0) is 58.0 Å². The van der Waals surface area contributed by atoms with Gasteiger partial charge in [0.05, 0.1) is 0 Å². The van der Waals surface area contributed by atoms with Crippen molar-refractivity contribution in [2.45, 2.75) is 39.8 Å². The average molecular weight is 313 g/mol. The summed E-state index contributed by atoms with van der Waals surface area (Å²) in [6.45, 7) is 11.8. The second-order valence-corrected chi connectivity index (χ2v) is 6.97. The molecule has 0 aliphatic rings. The van der Waals surface area contributed by atoms with Crippen LogP contribution in [0.4, 0.5) is 0 Å². The normalized spacial score (nSPS) is 12.2. The molecule has 0 atom stereocenters. The van der Waals surface area contributed by atoms with Crippen molar-refractivity contribution < 1.29 is 0 Å². The Balaban J connectivity index is 2.42. The summed E-state index contributed by atoms with van der Waals surface area (Å²) in [5, 5.41) is 3.51. The van der Waals surface area contributed by atoms with Crippen LogP contribution < -0.4 is 5.32 Å². The van der Waals surface area contributed by atoms with E-state index in [-0.39, 0.29) is 5.54 Å². The van der Waals surface area contributed by atoms with Crippen LogP contribution in [-0.2, 0) is 6.54 Å². The van der Waals surface area contributed by atoms with Crippen LogP contribution in [0, 0.1) is 6.92 Å². The summed E-state index contributed by atoms with van der Waals surface area (Å²) in [6.07, 6.45) is 0. The third-order valence-electron chi connectivity index (χ3n) is 2.70. The van der Waals surface area contributed by atoms with E-state index in [0.29, 0.717) is 0 Å². The smallest absolute Gasteiger partial charge is 0.0231 e. The molecule has 0 saturated carbocycles. The molecule has 18 heavy (non-hydrogen) atoms. The molecule has 0 aliphatic carbocycles. The molecule has 1 rings (SSSR count). The predicted octanol–water partition coefficient (Wildman–Crippen LogP) is 3.58. The van der Waals surface area contributed by atoms with Crippen LogP contribution in [0.15, 0.2) is 22.7 Å². The minimum Gasteiger partial charge on any atom is -0.311 e. The Bertz CT molecular complexity index is 362. The highest BCUT2D eigenvalue weighted by molar-refractivity contribution is 9.10. The standard InChI is InChI=1S/C15H25BrN2/c1-12-8-13(10-14(16)9-12)11-18(5)7-6-17-15(2,3)4/h8-10,17H,6-7,11H2,1-5H3. The van der Waals surface area contributed by atoms with Crippen molar-refractivity contribution in [1.82, 2.24) is 10.2 Å². The first-order chi connectivity index (χ1) is 8.26. The summed E-state index contributed by atoms with van der Waals surface area (Å²) in [6, 6.07) is 6.59. The van der Waals surface area contributed by atoms with Crippen LogP contribution in [0.3, 0.4) is 0 Å². The van der Waals surface area contributed by atoms with Crippen molar-refractivity contribution in [3.63, 3.8) is 0 Å². The van der Waals surface area contributed by atoms with Gasteiger partial charge in [-0.25, -0.2) is 0 Å². The van der Waals surface area contributed by atoms with Crippen molar-refractivity contribution in [3.8, 4) is 0 Å². The quantitative estimate of drug-likeness (QED) is 0.894. The molecule has 1 aromatic carbocycles. The zero-order valence-corrected chi connectivity index (χ0v) is 13.8. The fourth-order valence-electron chi connectivity index (χ4n) is 1.92. The van der Waals surface area contributed by atoms with E-state index >= 15 is 0 Å². The van der Waals surface area contributed by atoms with Gasteiger partial charge < -0.3 is 10.2 Å². The molecule has 0 aromatic heterocycles. The first-order valence-corrected chi connectivity index (χ1v) is 7.25. The second kappa shape index (κ2) is 6.69. The first kappa shape index (κ1) is 15.7. The number of aryl methyl sites for hydroxylation is 1. The number of hydrogen-bond donors (Lipinski definition) is 1. The molecular weight excluding hydrogens is 288 g/mol. The second-order valence-electron chi connectivity index (χ2n) is 6.05. The average Bonchev–Trinajstić information content (AvgIpc) is 2.12. The molecule has 3 heteroatoms. The molecule has 0 spiro atoms. The van der Waals surface area contributed by atoms with Crippen molar-refractivity contribution in [2.24, 2.45) is 0 Å². The Morgan fingerprint density at radius 1 is 1.22 bits per heavy atom. The molecule has 0 radical (unpaired) electrons. The monoisotopic (exact) mass is 312 g/mol. The SMILES string of the molecule is Cc1cc(Br)cc(CN(C)CCNC(C)(C)C)c1. The molecule has 0 unspecified atom stereocenters. The lowest BCUT2D eigenvalue weighted by Crippen LogP contribution is -2.40. The van der Waals surface area contributed by atoms with Crippen LogP contribution in [0.5, 0.6) is 0 Å². The fourth-order valence-corrected chi connectivity index (χ4v) is 2.57. The Hall–Kier alpha value is -0.380. The molecule has 0 amide bonds. The van der Waals surface area contributed by atoms with Crippen molar-refractivity contribution in [2.75, 3.05) is 20.1 Å². The maximum absolute atomic E-state index is 3.55. The van der Waals surface area contributed by atoms with Gasteiger partial charge in [0.15, 0.2) is 0 Å². The van der Waals surface area contributed by atoms with Crippen LogP contribution in [-0.4, -0.2) is 30.6 Å². The van der Waals surface area contributed by atoms with Crippen LogP contribution in [0.1, 0.15) is 31.9 Å². The molecule has 0 fully saturated rings. The molecule has 0 saturated heterocycles. The number of likely N-dealkylation sites (N-methyl/N-ethyl adjacent to an activating group) is 1. The van der Waals surface area contributed by atoms with Crippen LogP contribution in [0.2, 0.25) is 0 Å². The minimum atomic E-state index is 0.202. The largest absolute Gasteiger partial charge is 0.311 e. The summed E-state index contributed by atoms with van der Waals surface area (Å²) in [5.74, 6) is 0. The number of halogens is 1. The van der Waals surface area contributed by atoms with Gasteiger partial charge in [0.25, 0.3) is 0 Å². The summed E-state index contributed by atoms with van der Waals surface area (Å²) in [5.41, 5.74) is 2.87. The van der Waals surface area contributed by atoms with Gasteiger partial charge in [-0.2, -0.15) is 0 Å². The highest BCUT2D eigenvalue weighted by atomic mass is 79.9. The van der Waals surface area contributed by atoms with Crippen molar-refractivity contribution >= 4 is 15.9 Å². The Morgan fingerprint density at radius 3 is 2.44 bits per heavy atom. The maximum atomic E-state index is 3.55. The fraction of sp³-hybridized carbons (Fsp3) is 0.600. The first-order valence-electron chi connectivity index (χ1n) is 6.46. The van der Waals surface area contributed by atoms with Gasteiger partial charge >= 0.3 is 0 Å². The van der Waals surface area contributed by atoms with Crippen LogP contribution in [0.25, 0.3) is 0 Å². The number of benzene rings is 1. The zero-order chi connectivity index (χ0) is 13.8. The Labute approximate surface area is 120 Å². The number of rotatable bonds is 5. The van der Waals surface area contributed by atoms with E-state index in [2.05, 4.69) is 79.1 Å². The molecule has 1 aromatic rings. The number of hydrogen-bond acceptors (Lipinski definition) is 2. The summed E-state index contributed by atoms with van der Waals surface area (Å²) < 4.78 is 1.17. The number of nitrogens with zero attached hydrogens (tertiary/aromatic N) is 1. The lowest BCUT2D eigenvalue weighted by molar-refractivity contribution is 0.303. The predicted molar refractivity (Wildman–Crippen MR) is 83.0 cm³/mol. The third-order valence-corrected chi connectivity index (χ3v) is 3.16. The molecule has 0 heterocycles. The molecule has 0 bridgehead atoms. The van der Waals surface area contributed by atoms with Gasteiger partial charge in [0, 0.05) is 29.6 Å². The molecule has 0 aliphatic heterocycles. The Morgan fingerprint density at radius 2 is 1.89 bits per heavy atom. The topological polar surface area (TPSA) is 15.3 Å².